The molecule has 1 fully saturated rings. The molecule has 3 aromatic rings. The molecule has 7 nitrogen and oxygen atoms in total. The number of nitrogens with zero attached hydrogens (tertiary/aromatic N) is 2. The maximum atomic E-state index is 12.8. The van der Waals surface area contributed by atoms with E-state index in [9.17, 15) is 9.59 Å². The van der Waals surface area contributed by atoms with Crippen molar-refractivity contribution in [2.24, 2.45) is 0 Å². The molecular weight excluding hydrogens is 356 g/mol. The topological polar surface area (TPSA) is 85.2 Å². The van der Waals surface area contributed by atoms with Gasteiger partial charge in [0.1, 0.15) is 0 Å². The summed E-state index contributed by atoms with van der Waals surface area (Å²) in [5.74, 6) is -0.292. The van der Waals surface area contributed by atoms with Crippen LogP contribution in [-0.2, 0) is 0 Å². The Labute approximate surface area is 162 Å². The van der Waals surface area contributed by atoms with Gasteiger partial charge in [-0.3, -0.25) is 9.59 Å². The molecule has 4 rings (SSSR count). The Bertz CT molecular complexity index is 1010. The number of anilines is 1. The summed E-state index contributed by atoms with van der Waals surface area (Å²) in [7, 11) is 1.49. The summed E-state index contributed by atoms with van der Waals surface area (Å²) in [6.45, 7) is 0. The van der Waals surface area contributed by atoms with Crippen molar-refractivity contribution in [2.45, 2.75) is 18.9 Å². The summed E-state index contributed by atoms with van der Waals surface area (Å²) in [5.41, 5.74) is 1.80. The summed E-state index contributed by atoms with van der Waals surface area (Å²) in [6, 6.07) is 16.6. The van der Waals surface area contributed by atoms with Crippen LogP contribution in [0.4, 0.5) is 5.69 Å². The minimum Gasteiger partial charge on any atom is -0.493 e. The average Bonchev–Trinajstić information content (AvgIpc) is 3.43. The third-order valence-corrected chi connectivity index (χ3v) is 4.47. The van der Waals surface area contributed by atoms with Crippen molar-refractivity contribution in [2.75, 3.05) is 12.4 Å². The number of aromatic nitrogens is 2. The molecule has 1 aromatic heterocycles. The lowest BCUT2D eigenvalue weighted by Gasteiger charge is -2.10. The van der Waals surface area contributed by atoms with Gasteiger partial charge in [0, 0.05) is 6.04 Å². The minimum absolute atomic E-state index is 0.142. The van der Waals surface area contributed by atoms with Crippen molar-refractivity contribution >= 4 is 17.5 Å². The van der Waals surface area contributed by atoms with Gasteiger partial charge in [0.15, 0.2) is 11.4 Å². The fraction of sp³-hybridized carbons (Fsp3) is 0.190. The van der Waals surface area contributed by atoms with E-state index in [1.54, 1.807) is 35.1 Å². The molecule has 0 bridgehead atoms. The van der Waals surface area contributed by atoms with Crippen LogP contribution in [0.5, 0.6) is 5.75 Å². The van der Waals surface area contributed by atoms with Crippen molar-refractivity contribution in [1.29, 1.82) is 0 Å². The lowest BCUT2D eigenvalue weighted by Crippen LogP contribution is -2.27. The highest BCUT2D eigenvalue weighted by Gasteiger charge is 2.26. The first-order chi connectivity index (χ1) is 13.7. The molecule has 1 aliphatic rings. The van der Waals surface area contributed by atoms with E-state index in [0.717, 1.165) is 18.5 Å². The number of hydrogen-bond donors (Lipinski definition) is 2. The molecule has 1 saturated carbocycles. The van der Waals surface area contributed by atoms with Crippen molar-refractivity contribution in [3.05, 3.63) is 72.1 Å². The highest BCUT2D eigenvalue weighted by molar-refractivity contribution is 6.09. The Hall–Kier alpha value is -3.61. The third-order valence-electron chi connectivity index (χ3n) is 4.47. The number of benzene rings is 2. The number of nitrogens with one attached hydrogen (secondary N) is 2. The van der Waals surface area contributed by atoms with Gasteiger partial charge in [-0.1, -0.05) is 30.3 Å². The zero-order valence-electron chi connectivity index (χ0n) is 15.4. The number of carbonyl (C=O) groups excluding carboxylic acids is 2. The van der Waals surface area contributed by atoms with Gasteiger partial charge in [0.05, 0.1) is 30.2 Å². The van der Waals surface area contributed by atoms with Crippen LogP contribution in [-0.4, -0.2) is 34.7 Å². The molecule has 2 aromatic carbocycles. The first-order valence-corrected chi connectivity index (χ1v) is 9.06. The van der Waals surface area contributed by atoms with E-state index >= 15 is 0 Å². The molecule has 0 saturated heterocycles. The lowest BCUT2D eigenvalue weighted by atomic mass is 10.1. The second kappa shape index (κ2) is 7.56. The monoisotopic (exact) mass is 376 g/mol. The largest absolute Gasteiger partial charge is 0.493 e. The Morgan fingerprint density at radius 3 is 2.46 bits per heavy atom. The molecule has 0 spiro atoms. The summed E-state index contributed by atoms with van der Waals surface area (Å²) in [6.07, 6.45) is 3.64. The van der Waals surface area contributed by atoms with Crippen LogP contribution >= 0.6 is 0 Å². The number of carbonyl (C=O) groups is 2. The fourth-order valence-corrected chi connectivity index (χ4v) is 2.84. The van der Waals surface area contributed by atoms with Crippen LogP contribution in [0.3, 0.4) is 0 Å². The van der Waals surface area contributed by atoms with Crippen molar-refractivity contribution in [3.63, 3.8) is 0 Å². The number of amides is 2. The number of methoxy groups -OCH3 is 1. The molecule has 1 aliphatic carbocycles. The van der Waals surface area contributed by atoms with Gasteiger partial charge in [-0.15, -0.1) is 0 Å². The molecule has 0 radical (unpaired) electrons. The molecule has 28 heavy (non-hydrogen) atoms. The minimum atomic E-state index is -0.446. The Balaban J connectivity index is 1.59. The predicted molar refractivity (Wildman–Crippen MR) is 105 cm³/mol. The van der Waals surface area contributed by atoms with E-state index in [1.165, 1.54) is 7.11 Å². The van der Waals surface area contributed by atoms with Crippen LogP contribution in [0, 0.1) is 0 Å². The van der Waals surface area contributed by atoms with Crippen molar-refractivity contribution in [1.82, 2.24) is 15.1 Å². The first kappa shape index (κ1) is 17.8. The second-order valence-electron chi connectivity index (χ2n) is 6.57. The van der Waals surface area contributed by atoms with E-state index in [2.05, 4.69) is 15.7 Å². The summed E-state index contributed by atoms with van der Waals surface area (Å²) >= 11 is 0. The zero-order chi connectivity index (χ0) is 19.5. The third kappa shape index (κ3) is 3.73. The highest BCUT2D eigenvalue weighted by atomic mass is 16.5. The van der Waals surface area contributed by atoms with Gasteiger partial charge < -0.3 is 15.4 Å². The summed E-state index contributed by atoms with van der Waals surface area (Å²) in [4.78, 5) is 25.3. The maximum Gasteiger partial charge on any atom is 0.280 e. The van der Waals surface area contributed by atoms with E-state index < -0.39 is 5.91 Å². The number of para-hydroxylation sites is 2. The van der Waals surface area contributed by atoms with E-state index in [0.29, 0.717) is 17.0 Å². The number of rotatable bonds is 6. The molecule has 142 valence electrons. The molecule has 2 amide bonds. The Morgan fingerprint density at radius 2 is 1.75 bits per heavy atom. The van der Waals surface area contributed by atoms with Crippen LogP contribution in [0.2, 0.25) is 0 Å². The Kier molecular flexibility index (Phi) is 4.80. The number of hydrogen-bond acceptors (Lipinski definition) is 4. The van der Waals surface area contributed by atoms with Gasteiger partial charge in [-0.25, -0.2) is 4.68 Å². The molecule has 0 atom stereocenters. The summed E-state index contributed by atoms with van der Waals surface area (Å²) < 4.78 is 6.90. The SMILES string of the molecule is COc1cn(-c2ccccc2)nc1C(=O)Nc1ccccc1C(=O)NC1CC1. The molecule has 2 N–H and O–H groups in total. The van der Waals surface area contributed by atoms with Crippen LogP contribution in [0.25, 0.3) is 5.69 Å². The predicted octanol–water partition coefficient (Wildman–Crippen LogP) is 3.03. The quantitative estimate of drug-likeness (QED) is 0.692. The average molecular weight is 376 g/mol. The first-order valence-electron chi connectivity index (χ1n) is 9.06. The smallest absolute Gasteiger partial charge is 0.280 e. The van der Waals surface area contributed by atoms with Gasteiger partial charge in [0.2, 0.25) is 0 Å². The zero-order valence-corrected chi connectivity index (χ0v) is 15.4. The van der Waals surface area contributed by atoms with Gasteiger partial charge in [-0.05, 0) is 37.1 Å². The molecule has 7 heteroatoms. The van der Waals surface area contributed by atoms with E-state index in [4.69, 9.17) is 4.74 Å². The van der Waals surface area contributed by atoms with Crippen molar-refractivity contribution in [3.8, 4) is 11.4 Å². The highest BCUT2D eigenvalue weighted by Crippen LogP contribution is 2.24. The maximum absolute atomic E-state index is 12.8. The summed E-state index contributed by atoms with van der Waals surface area (Å²) in [5, 5.41) is 10.1. The fourth-order valence-electron chi connectivity index (χ4n) is 2.84. The lowest BCUT2D eigenvalue weighted by molar-refractivity contribution is 0.0952. The molecule has 0 unspecified atom stereocenters. The normalized spacial score (nSPS) is 13.0. The van der Waals surface area contributed by atoms with E-state index in [-0.39, 0.29) is 17.6 Å². The Morgan fingerprint density at radius 1 is 1.04 bits per heavy atom. The van der Waals surface area contributed by atoms with Gasteiger partial charge in [0.25, 0.3) is 11.8 Å². The van der Waals surface area contributed by atoms with Crippen LogP contribution in [0.1, 0.15) is 33.7 Å². The van der Waals surface area contributed by atoms with Gasteiger partial charge >= 0.3 is 0 Å². The second-order valence-corrected chi connectivity index (χ2v) is 6.57. The standard InChI is InChI=1S/C21H20N4O3/c1-28-18-13-25(15-7-3-2-4-8-15)24-19(18)21(27)23-17-10-6-5-9-16(17)20(26)22-14-11-12-14/h2-10,13-14H,11-12H2,1H3,(H,22,26)(H,23,27). The molecule has 1 heterocycles. The van der Waals surface area contributed by atoms with E-state index in [1.807, 2.05) is 30.3 Å². The number of ether oxygens (including phenoxy) is 1. The molecule has 0 aliphatic heterocycles. The molecular formula is C21H20N4O3. The van der Waals surface area contributed by atoms with Gasteiger partial charge in [-0.2, -0.15) is 5.10 Å². The van der Waals surface area contributed by atoms with Crippen molar-refractivity contribution < 1.29 is 14.3 Å². The van der Waals surface area contributed by atoms with Crippen LogP contribution < -0.4 is 15.4 Å². The van der Waals surface area contributed by atoms with Crippen LogP contribution in [0.15, 0.2) is 60.8 Å².